The van der Waals surface area contributed by atoms with Crippen LogP contribution in [-0.2, 0) is 20.0 Å². The summed E-state index contributed by atoms with van der Waals surface area (Å²) < 4.78 is 1.85. The van der Waals surface area contributed by atoms with Crippen LogP contribution in [0.5, 0.6) is 0 Å². The molecule has 0 aromatic carbocycles. The van der Waals surface area contributed by atoms with Crippen molar-refractivity contribution in [3.8, 4) is 0 Å². The molecule has 3 heterocycles. The van der Waals surface area contributed by atoms with Gasteiger partial charge in [-0.05, 0) is 0 Å². The van der Waals surface area contributed by atoms with Crippen LogP contribution in [0.1, 0.15) is 21.7 Å². The highest BCUT2D eigenvalue weighted by atomic mass is 16.3. The van der Waals surface area contributed by atoms with E-state index in [-0.39, 0.29) is 12.5 Å². The van der Waals surface area contributed by atoms with E-state index in [1.165, 1.54) is 0 Å². The van der Waals surface area contributed by atoms with Crippen LogP contribution in [0.2, 0.25) is 0 Å². The number of carbonyl (C=O) groups excluding carboxylic acids is 1. The molecule has 2 aliphatic heterocycles. The number of fused-ring (bicyclic) bond motifs is 1. The van der Waals surface area contributed by atoms with E-state index >= 15 is 0 Å². The molecule has 116 valence electrons. The smallest absolute Gasteiger partial charge is 0.274 e. The zero-order valence-corrected chi connectivity index (χ0v) is 12.5. The van der Waals surface area contributed by atoms with Gasteiger partial charge in [0.25, 0.3) is 5.91 Å². The van der Waals surface area contributed by atoms with Gasteiger partial charge in [-0.15, -0.1) is 0 Å². The van der Waals surface area contributed by atoms with Gasteiger partial charge in [-0.25, -0.2) is 0 Å². The Morgan fingerprint density at radius 2 is 2.10 bits per heavy atom. The van der Waals surface area contributed by atoms with Crippen LogP contribution in [0, 0.1) is 0 Å². The van der Waals surface area contributed by atoms with Crippen molar-refractivity contribution in [2.45, 2.75) is 13.0 Å². The first-order valence-corrected chi connectivity index (χ1v) is 7.58. The van der Waals surface area contributed by atoms with Crippen LogP contribution >= 0.6 is 0 Å². The molecule has 0 atom stereocenters. The Morgan fingerprint density at radius 1 is 1.33 bits per heavy atom. The summed E-state index contributed by atoms with van der Waals surface area (Å²) in [4.78, 5) is 16.8. The second-order valence-corrected chi connectivity index (χ2v) is 5.69. The molecular formula is C14H23N5O2. The molecule has 0 bridgehead atoms. The lowest BCUT2D eigenvalue weighted by Gasteiger charge is -2.29. The average molecular weight is 293 g/mol. The number of nitrogens with one attached hydrogen (secondary N) is 1. The summed E-state index contributed by atoms with van der Waals surface area (Å²) in [6.45, 7) is 5.58. The Morgan fingerprint density at radius 3 is 2.81 bits per heavy atom. The van der Waals surface area contributed by atoms with E-state index in [0.29, 0.717) is 18.8 Å². The molecule has 2 aliphatic rings. The molecule has 3 rings (SSSR count). The SMILES string of the molecule is Cn1nc(C(=O)N2CCNCC2)c2c1CCN(CCO)C2. The van der Waals surface area contributed by atoms with Crippen LogP contribution in [-0.4, -0.2) is 76.5 Å². The minimum absolute atomic E-state index is 0.0409. The molecule has 1 saturated heterocycles. The normalized spacial score (nSPS) is 19.6. The molecular weight excluding hydrogens is 270 g/mol. The summed E-state index contributed by atoms with van der Waals surface area (Å²) in [5.74, 6) is 0.0409. The van der Waals surface area contributed by atoms with Gasteiger partial charge in [0.05, 0.1) is 6.61 Å². The lowest BCUT2D eigenvalue weighted by Crippen LogP contribution is -2.47. The first-order valence-electron chi connectivity index (χ1n) is 7.58. The summed E-state index contributed by atoms with van der Waals surface area (Å²) in [5, 5.41) is 16.8. The van der Waals surface area contributed by atoms with Crippen LogP contribution < -0.4 is 5.32 Å². The molecule has 0 aliphatic carbocycles. The van der Waals surface area contributed by atoms with Crippen LogP contribution in [0.15, 0.2) is 0 Å². The molecule has 1 aromatic heterocycles. The van der Waals surface area contributed by atoms with E-state index in [4.69, 9.17) is 5.11 Å². The van der Waals surface area contributed by atoms with Gasteiger partial charge in [0.2, 0.25) is 0 Å². The molecule has 0 unspecified atom stereocenters. The van der Waals surface area contributed by atoms with Crippen molar-refractivity contribution in [2.75, 3.05) is 45.9 Å². The molecule has 21 heavy (non-hydrogen) atoms. The molecule has 1 fully saturated rings. The van der Waals surface area contributed by atoms with Gasteiger partial charge < -0.3 is 15.3 Å². The maximum Gasteiger partial charge on any atom is 0.274 e. The minimum Gasteiger partial charge on any atom is -0.395 e. The van der Waals surface area contributed by atoms with E-state index in [2.05, 4.69) is 15.3 Å². The fourth-order valence-electron chi connectivity index (χ4n) is 3.17. The first kappa shape index (κ1) is 14.5. The highest BCUT2D eigenvalue weighted by Gasteiger charge is 2.29. The number of nitrogens with zero attached hydrogens (tertiary/aromatic N) is 4. The molecule has 0 saturated carbocycles. The Labute approximate surface area is 124 Å². The van der Waals surface area contributed by atoms with Gasteiger partial charge >= 0.3 is 0 Å². The monoisotopic (exact) mass is 293 g/mol. The van der Waals surface area contributed by atoms with Crippen molar-refractivity contribution in [3.05, 3.63) is 17.0 Å². The zero-order chi connectivity index (χ0) is 14.8. The lowest BCUT2D eigenvalue weighted by molar-refractivity contribution is 0.0726. The number of β-amino-alcohol motifs (C(OH)–C–C–N with tert-alkyl or cyclic N) is 1. The standard InChI is InChI=1S/C14H23N5O2/c1-17-12-2-5-18(8-9-20)10-11(12)13(16-17)14(21)19-6-3-15-4-7-19/h15,20H,2-10H2,1H3. The number of aromatic nitrogens is 2. The summed E-state index contributed by atoms with van der Waals surface area (Å²) >= 11 is 0. The highest BCUT2D eigenvalue weighted by molar-refractivity contribution is 5.94. The number of carbonyl (C=O) groups is 1. The van der Waals surface area contributed by atoms with Crippen molar-refractivity contribution < 1.29 is 9.90 Å². The number of hydrogen-bond donors (Lipinski definition) is 2. The number of hydrogen-bond acceptors (Lipinski definition) is 5. The molecule has 0 radical (unpaired) electrons. The average Bonchev–Trinajstić information content (AvgIpc) is 2.84. The number of piperazine rings is 1. The molecule has 0 spiro atoms. The summed E-state index contributed by atoms with van der Waals surface area (Å²) in [6.07, 6.45) is 0.883. The van der Waals surface area contributed by atoms with Gasteiger partial charge in [0, 0.05) is 70.5 Å². The Hall–Kier alpha value is -1.44. The third-order valence-corrected chi connectivity index (χ3v) is 4.34. The van der Waals surface area contributed by atoms with Crippen molar-refractivity contribution in [1.82, 2.24) is 24.9 Å². The first-order chi connectivity index (χ1) is 10.2. The van der Waals surface area contributed by atoms with Crippen LogP contribution in [0.3, 0.4) is 0 Å². The maximum absolute atomic E-state index is 12.7. The third-order valence-electron chi connectivity index (χ3n) is 4.34. The number of aryl methyl sites for hydroxylation is 1. The summed E-state index contributed by atoms with van der Waals surface area (Å²) in [5.41, 5.74) is 2.79. The Bertz CT molecular complexity index is 522. The summed E-state index contributed by atoms with van der Waals surface area (Å²) in [6, 6.07) is 0. The van der Waals surface area contributed by atoms with Crippen molar-refractivity contribution in [1.29, 1.82) is 0 Å². The zero-order valence-electron chi connectivity index (χ0n) is 12.5. The van der Waals surface area contributed by atoms with Crippen molar-refractivity contribution in [2.24, 2.45) is 7.05 Å². The predicted molar refractivity (Wildman–Crippen MR) is 78.0 cm³/mol. The molecule has 2 N–H and O–H groups in total. The van der Waals surface area contributed by atoms with Crippen LogP contribution in [0.25, 0.3) is 0 Å². The van der Waals surface area contributed by atoms with E-state index in [9.17, 15) is 4.79 Å². The lowest BCUT2D eigenvalue weighted by atomic mass is 10.0. The van der Waals surface area contributed by atoms with Gasteiger partial charge in [-0.1, -0.05) is 0 Å². The number of amides is 1. The Balaban J connectivity index is 1.84. The molecule has 1 amide bonds. The fraction of sp³-hybridized carbons (Fsp3) is 0.714. The van der Waals surface area contributed by atoms with Crippen LogP contribution in [0.4, 0.5) is 0 Å². The third kappa shape index (κ3) is 2.81. The quantitative estimate of drug-likeness (QED) is 0.733. The maximum atomic E-state index is 12.7. The number of rotatable bonds is 3. The van der Waals surface area contributed by atoms with E-state index in [0.717, 1.165) is 50.4 Å². The highest BCUT2D eigenvalue weighted by Crippen LogP contribution is 2.23. The molecule has 7 heteroatoms. The Kier molecular flexibility index (Phi) is 4.23. The van der Waals surface area contributed by atoms with Gasteiger partial charge in [-0.2, -0.15) is 5.10 Å². The van der Waals surface area contributed by atoms with E-state index < -0.39 is 0 Å². The molecule has 7 nitrogen and oxygen atoms in total. The number of aliphatic hydroxyl groups is 1. The van der Waals surface area contributed by atoms with Crippen molar-refractivity contribution in [3.63, 3.8) is 0 Å². The second kappa shape index (κ2) is 6.13. The largest absolute Gasteiger partial charge is 0.395 e. The van der Waals surface area contributed by atoms with E-state index in [1.807, 2.05) is 16.6 Å². The van der Waals surface area contributed by atoms with Crippen molar-refractivity contribution >= 4 is 5.91 Å². The van der Waals surface area contributed by atoms with E-state index in [1.54, 1.807) is 0 Å². The fourth-order valence-corrected chi connectivity index (χ4v) is 3.17. The molecule has 1 aromatic rings. The number of aliphatic hydroxyl groups excluding tert-OH is 1. The summed E-state index contributed by atoms with van der Waals surface area (Å²) in [7, 11) is 1.91. The predicted octanol–water partition coefficient (Wildman–Crippen LogP) is -1.18. The van der Waals surface area contributed by atoms with Gasteiger partial charge in [0.15, 0.2) is 5.69 Å². The topological polar surface area (TPSA) is 73.6 Å². The minimum atomic E-state index is 0.0409. The second-order valence-electron chi connectivity index (χ2n) is 5.69. The van der Waals surface area contributed by atoms with Gasteiger partial charge in [-0.3, -0.25) is 14.4 Å². The van der Waals surface area contributed by atoms with Gasteiger partial charge in [0.1, 0.15) is 0 Å².